The molecule has 1 aliphatic carbocycles. The standard InChI is InChI=1S/C27H30N4O3/c1-17-22(18(2)31-27(28-17)23-7-5-6-8-24(23)29-31)12-14-26(32)30(20-9-10-20)16-19-15-21(33-3)11-13-25(19)34-4/h5-8,11,13,15,20H,9-10,12,14,16H2,1-4H3. The van der Waals surface area contributed by atoms with Crippen LogP contribution in [0.3, 0.4) is 0 Å². The van der Waals surface area contributed by atoms with E-state index in [2.05, 4.69) is 6.92 Å². The van der Waals surface area contributed by atoms with E-state index in [1.54, 1.807) is 14.2 Å². The van der Waals surface area contributed by atoms with E-state index >= 15 is 0 Å². The lowest BCUT2D eigenvalue weighted by Gasteiger charge is -2.24. The van der Waals surface area contributed by atoms with Gasteiger partial charge in [0.1, 0.15) is 11.5 Å². The van der Waals surface area contributed by atoms with Gasteiger partial charge in [-0.15, -0.1) is 0 Å². The molecule has 0 spiro atoms. The molecule has 2 heterocycles. The molecule has 0 atom stereocenters. The number of carbonyl (C=O) groups is 1. The normalized spacial score (nSPS) is 13.4. The minimum absolute atomic E-state index is 0.150. The van der Waals surface area contributed by atoms with Crippen LogP contribution in [0.4, 0.5) is 0 Å². The summed E-state index contributed by atoms with van der Waals surface area (Å²) in [5.41, 5.74) is 5.84. The topological polar surface area (TPSA) is 69.0 Å². The predicted molar refractivity (Wildman–Crippen MR) is 131 cm³/mol. The van der Waals surface area contributed by atoms with Gasteiger partial charge in [-0.1, -0.05) is 12.1 Å². The van der Waals surface area contributed by atoms with E-state index in [1.165, 1.54) is 0 Å². The van der Waals surface area contributed by atoms with Crippen LogP contribution in [-0.4, -0.2) is 45.7 Å². The zero-order valence-corrected chi connectivity index (χ0v) is 20.2. The number of hydrogen-bond acceptors (Lipinski definition) is 5. The summed E-state index contributed by atoms with van der Waals surface area (Å²) >= 11 is 0. The molecule has 7 heteroatoms. The molecular formula is C27H30N4O3. The van der Waals surface area contributed by atoms with Crippen LogP contribution in [0.1, 0.15) is 41.8 Å². The first-order valence-corrected chi connectivity index (χ1v) is 11.7. The van der Waals surface area contributed by atoms with Gasteiger partial charge in [0.15, 0.2) is 5.65 Å². The Kier molecular flexibility index (Phi) is 5.86. The number of benzene rings is 2. The Labute approximate surface area is 199 Å². The second kappa shape index (κ2) is 8.97. The van der Waals surface area contributed by atoms with Crippen molar-refractivity contribution in [2.45, 2.75) is 52.1 Å². The maximum Gasteiger partial charge on any atom is 0.223 e. The largest absolute Gasteiger partial charge is 0.497 e. The van der Waals surface area contributed by atoms with Crippen LogP contribution < -0.4 is 9.47 Å². The minimum atomic E-state index is 0.150. The van der Waals surface area contributed by atoms with Crippen molar-refractivity contribution in [1.29, 1.82) is 0 Å². The van der Waals surface area contributed by atoms with Gasteiger partial charge in [0.2, 0.25) is 5.91 Å². The Morgan fingerprint density at radius 2 is 1.91 bits per heavy atom. The molecule has 1 aliphatic rings. The smallest absolute Gasteiger partial charge is 0.223 e. The molecule has 176 valence electrons. The molecule has 2 aromatic carbocycles. The lowest BCUT2D eigenvalue weighted by atomic mass is 10.1. The number of nitrogens with zero attached hydrogens (tertiary/aromatic N) is 4. The van der Waals surface area contributed by atoms with Crippen LogP contribution in [0.2, 0.25) is 0 Å². The van der Waals surface area contributed by atoms with Crippen LogP contribution in [-0.2, 0) is 17.8 Å². The molecule has 0 radical (unpaired) electrons. The maximum atomic E-state index is 13.4. The van der Waals surface area contributed by atoms with Crippen molar-refractivity contribution in [2.75, 3.05) is 14.2 Å². The molecule has 34 heavy (non-hydrogen) atoms. The quantitative estimate of drug-likeness (QED) is 0.385. The van der Waals surface area contributed by atoms with Gasteiger partial charge in [0.05, 0.1) is 19.7 Å². The van der Waals surface area contributed by atoms with Gasteiger partial charge >= 0.3 is 0 Å². The highest BCUT2D eigenvalue weighted by Crippen LogP contribution is 2.33. The third-order valence-corrected chi connectivity index (χ3v) is 6.74. The van der Waals surface area contributed by atoms with E-state index in [1.807, 2.05) is 58.8 Å². The Bertz CT molecular complexity index is 1370. The Morgan fingerprint density at radius 3 is 2.65 bits per heavy atom. The van der Waals surface area contributed by atoms with Gasteiger partial charge in [-0.2, -0.15) is 5.10 Å². The van der Waals surface area contributed by atoms with E-state index in [9.17, 15) is 4.79 Å². The molecule has 1 saturated carbocycles. The average Bonchev–Trinajstić information content (AvgIpc) is 3.63. The molecule has 0 saturated heterocycles. The monoisotopic (exact) mass is 458 g/mol. The third kappa shape index (κ3) is 4.06. The van der Waals surface area contributed by atoms with Gasteiger partial charge in [0.25, 0.3) is 0 Å². The number of amides is 1. The summed E-state index contributed by atoms with van der Waals surface area (Å²) < 4.78 is 12.8. The minimum Gasteiger partial charge on any atom is -0.497 e. The number of carbonyl (C=O) groups excluding carboxylic acids is 1. The Morgan fingerprint density at radius 1 is 1.12 bits per heavy atom. The number of hydrogen-bond donors (Lipinski definition) is 0. The number of fused-ring (bicyclic) bond motifs is 3. The average molecular weight is 459 g/mol. The highest BCUT2D eigenvalue weighted by atomic mass is 16.5. The maximum absolute atomic E-state index is 13.4. The van der Waals surface area contributed by atoms with Crippen molar-refractivity contribution < 1.29 is 14.3 Å². The van der Waals surface area contributed by atoms with Gasteiger partial charge in [0, 0.05) is 41.3 Å². The van der Waals surface area contributed by atoms with Crippen LogP contribution >= 0.6 is 0 Å². The number of methoxy groups -OCH3 is 2. The molecule has 4 aromatic rings. The summed E-state index contributed by atoms with van der Waals surface area (Å²) in [5.74, 6) is 1.68. The van der Waals surface area contributed by atoms with Crippen LogP contribution in [0.5, 0.6) is 11.5 Å². The first kappa shape index (κ1) is 22.2. The van der Waals surface area contributed by atoms with Crippen molar-refractivity contribution in [2.24, 2.45) is 0 Å². The van der Waals surface area contributed by atoms with E-state index in [0.29, 0.717) is 25.4 Å². The van der Waals surface area contributed by atoms with Crippen molar-refractivity contribution in [3.8, 4) is 11.5 Å². The van der Waals surface area contributed by atoms with Crippen molar-refractivity contribution in [3.05, 3.63) is 65.0 Å². The van der Waals surface area contributed by atoms with E-state index in [-0.39, 0.29) is 5.91 Å². The summed E-state index contributed by atoms with van der Waals surface area (Å²) in [5, 5.41) is 5.79. The van der Waals surface area contributed by atoms with Crippen LogP contribution in [0.25, 0.3) is 16.6 Å². The van der Waals surface area contributed by atoms with Crippen LogP contribution in [0.15, 0.2) is 42.5 Å². The van der Waals surface area contributed by atoms with E-state index in [4.69, 9.17) is 19.6 Å². The molecule has 5 rings (SSSR count). The first-order valence-electron chi connectivity index (χ1n) is 11.7. The molecular weight excluding hydrogens is 428 g/mol. The summed E-state index contributed by atoms with van der Waals surface area (Å²) in [6.45, 7) is 4.60. The van der Waals surface area contributed by atoms with Crippen molar-refractivity contribution >= 4 is 22.5 Å². The van der Waals surface area contributed by atoms with Crippen LogP contribution in [0, 0.1) is 13.8 Å². The lowest BCUT2D eigenvalue weighted by molar-refractivity contribution is -0.132. The van der Waals surface area contributed by atoms with Gasteiger partial charge in [-0.3, -0.25) is 4.79 Å². The number of aromatic nitrogens is 3. The molecule has 0 N–H and O–H groups in total. The molecule has 2 aromatic heterocycles. The Balaban J connectivity index is 1.38. The fraction of sp³-hybridized carbons (Fsp3) is 0.370. The lowest BCUT2D eigenvalue weighted by Crippen LogP contribution is -2.33. The number of aryl methyl sites for hydroxylation is 2. The highest BCUT2D eigenvalue weighted by Gasteiger charge is 2.33. The zero-order valence-electron chi connectivity index (χ0n) is 20.2. The summed E-state index contributed by atoms with van der Waals surface area (Å²) in [6.07, 6.45) is 3.15. The molecule has 0 bridgehead atoms. The second-order valence-electron chi connectivity index (χ2n) is 8.94. The Hall–Kier alpha value is -3.61. The summed E-state index contributed by atoms with van der Waals surface area (Å²) in [6, 6.07) is 14.1. The molecule has 0 unspecified atom stereocenters. The SMILES string of the molecule is COc1ccc(OC)c(CN(C(=O)CCc2c(C)nc3c4ccccc4nn3c2C)C2CC2)c1. The fourth-order valence-electron chi connectivity index (χ4n) is 4.71. The highest BCUT2D eigenvalue weighted by molar-refractivity contribution is 5.92. The van der Waals surface area contributed by atoms with Crippen molar-refractivity contribution in [3.63, 3.8) is 0 Å². The predicted octanol–water partition coefficient (Wildman–Crippen LogP) is 4.64. The van der Waals surface area contributed by atoms with E-state index < -0.39 is 0 Å². The van der Waals surface area contributed by atoms with Gasteiger partial charge < -0.3 is 14.4 Å². The number of ether oxygens (including phenoxy) is 2. The summed E-state index contributed by atoms with van der Waals surface area (Å²) in [7, 11) is 3.30. The zero-order chi connectivity index (χ0) is 23.8. The third-order valence-electron chi connectivity index (χ3n) is 6.74. The van der Waals surface area contributed by atoms with Gasteiger partial charge in [-0.25, -0.2) is 9.50 Å². The molecule has 0 aliphatic heterocycles. The molecule has 1 amide bonds. The number of rotatable bonds is 8. The van der Waals surface area contributed by atoms with Gasteiger partial charge in [-0.05, 0) is 69.0 Å². The second-order valence-corrected chi connectivity index (χ2v) is 8.94. The molecule has 7 nitrogen and oxygen atoms in total. The van der Waals surface area contributed by atoms with Crippen molar-refractivity contribution in [1.82, 2.24) is 19.5 Å². The van der Waals surface area contributed by atoms with E-state index in [0.717, 1.165) is 63.4 Å². The molecule has 1 fully saturated rings. The fourth-order valence-corrected chi connectivity index (χ4v) is 4.71. The first-order chi connectivity index (χ1) is 16.5. The summed E-state index contributed by atoms with van der Waals surface area (Å²) in [4.78, 5) is 20.2.